The first kappa shape index (κ1) is 18.2. The lowest BCUT2D eigenvalue weighted by molar-refractivity contribution is -0.121. The molecule has 3 heterocycles. The maximum absolute atomic E-state index is 12.2. The first-order chi connectivity index (χ1) is 12.6. The summed E-state index contributed by atoms with van der Waals surface area (Å²) >= 11 is 1.69. The zero-order valence-electron chi connectivity index (χ0n) is 14.8. The van der Waals surface area contributed by atoms with E-state index in [-0.39, 0.29) is 11.9 Å². The van der Waals surface area contributed by atoms with Gasteiger partial charge in [0.2, 0.25) is 17.6 Å². The molecule has 26 heavy (non-hydrogen) atoms. The third-order valence-electron chi connectivity index (χ3n) is 3.94. The molecule has 0 saturated carbocycles. The van der Waals surface area contributed by atoms with Crippen molar-refractivity contribution < 1.29 is 9.32 Å². The first-order valence-corrected chi connectivity index (χ1v) is 9.21. The molecule has 0 spiro atoms. The fourth-order valence-corrected chi connectivity index (χ4v) is 3.43. The van der Waals surface area contributed by atoms with Gasteiger partial charge in [-0.25, -0.2) is 0 Å². The summed E-state index contributed by atoms with van der Waals surface area (Å²) in [7, 11) is 4.02. The molecule has 0 fully saturated rings. The summed E-state index contributed by atoms with van der Waals surface area (Å²) in [5.41, 5.74) is 0.789. The molecule has 1 unspecified atom stereocenters. The lowest BCUT2D eigenvalue weighted by Gasteiger charge is -2.23. The van der Waals surface area contributed by atoms with Gasteiger partial charge in [-0.3, -0.25) is 9.78 Å². The van der Waals surface area contributed by atoms with Crippen molar-refractivity contribution in [2.24, 2.45) is 0 Å². The normalized spacial score (nSPS) is 12.3. The minimum absolute atomic E-state index is 0.0328. The number of aromatic nitrogens is 3. The molecule has 0 saturated heterocycles. The SMILES string of the molecule is CN(C)C(CNC(=O)CCc1nc(-c2cccnc2)no1)c1cccs1. The zero-order chi connectivity index (χ0) is 18.4. The summed E-state index contributed by atoms with van der Waals surface area (Å²) < 4.78 is 5.22. The predicted octanol–water partition coefficient (Wildman–Crippen LogP) is 2.54. The smallest absolute Gasteiger partial charge is 0.227 e. The number of rotatable bonds is 8. The van der Waals surface area contributed by atoms with E-state index in [1.165, 1.54) is 4.88 Å². The van der Waals surface area contributed by atoms with Crippen molar-refractivity contribution in [3.63, 3.8) is 0 Å². The molecule has 7 nitrogen and oxygen atoms in total. The van der Waals surface area contributed by atoms with Crippen molar-refractivity contribution in [2.45, 2.75) is 18.9 Å². The fourth-order valence-electron chi connectivity index (χ4n) is 2.51. The standard InChI is InChI=1S/C18H21N5O2S/c1-23(2)14(15-6-4-10-26-15)12-20-16(24)7-8-17-21-18(22-25-17)13-5-3-9-19-11-13/h3-6,9-11,14H,7-8,12H2,1-2H3,(H,20,24). The molecule has 0 aliphatic rings. The summed E-state index contributed by atoms with van der Waals surface area (Å²) in [6.45, 7) is 0.567. The van der Waals surface area contributed by atoms with Gasteiger partial charge in [-0.15, -0.1) is 11.3 Å². The van der Waals surface area contributed by atoms with Crippen molar-refractivity contribution in [1.82, 2.24) is 25.3 Å². The monoisotopic (exact) mass is 371 g/mol. The van der Waals surface area contributed by atoms with Gasteiger partial charge in [0.15, 0.2) is 0 Å². The number of likely N-dealkylation sites (N-methyl/N-ethyl adjacent to an activating group) is 1. The third kappa shape index (κ3) is 4.74. The number of nitrogens with zero attached hydrogens (tertiary/aromatic N) is 4. The Morgan fingerprint density at radius 3 is 2.92 bits per heavy atom. The summed E-state index contributed by atoms with van der Waals surface area (Å²) in [4.78, 5) is 23.8. The van der Waals surface area contributed by atoms with E-state index in [0.29, 0.717) is 31.1 Å². The minimum atomic E-state index is -0.0328. The second-order valence-corrected chi connectivity index (χ2v) is 7.03. The Balaban J connectivity index is 1.49. The first-order valence-electron chi connectivity index (χ1n) is 8.33. The molecule has 0 aromatic carbocycles. The molecular formula is C18H21N5O2S. The molecule has 0 radical (unpaired) electrons. The second-order valence-electron chi connectivity index (χ2n) is 6.05. The lowest BCUT2D eigenvalue weighted by atomic mass is 10.2. The number of hydrogen-bond acceptors (Lipinski definition) is 7. The molecule has 3 aromatic heterocycles. The molecular weight excluding hydrogens is 350 g/mol. The van der Waals surface area contributed by atoms with Gasteiger partial charge in [0, 0.05) is 42.2 Å². The van der Waals surface area contributed by atoms with Crippen LogP contribution in [0.15, 0.2) is 46.6 Å². The molecule has 0 aliphatic carbocycles. The largest absolute Gasteiger partial charge is 0.354 e. The van der Waals surface area contributed by atoms with Gasteiger partial charge in [0.25, 0.3) is 0 Å². The van der Waals surface area contributed by atoms with E-state index in [2.05, 4.69) is 31.4 Å². The lowest BCUT2D eigenvalue weighted by Crippen LogP contribution is -2.34. The van der Waals surface area contributed by atoms with Gasteiger partial charge in [0.1, 0.15) is 0 Å². The van der Waals surface area contributed by atoms with Gasteiger partial charge in [-0.1, -0.05) is 11.2 Å². The average Bonchev–Trinajstić information content (AvgIpc) is 3.33. The Morgan fingerprint density at radius 2 is 2.23 bits per heavy atom. The Bertz CT molecular complexity index is 817. The average molecular weight is 371 g/mol. The highest BCUT2D eigenvalue weighted by atomic mass is 32.1. The summed E-state index contributed by atoms with van der Waals surface area (Å²) in [5, 5.41) is 8.96. The van der Waals surface area contributed by atoms with E-state index in [1.807, 2.05) is 37.7 Å². The molecule has 1 N–H and O–H groups in total. The molecule has 0 aliphatic heterocycles. The number of thiophene rings is 1. The maximum Gasteiger partial charge on any atom is 0.227 e. The van der Waals surface area contributed by atoms with E-state index >= 15 is 0 Å². The van der Waals surface area contributed by atoms with E-state index in [4.69, 9.17) is 4.52 Å². The van der Waals surface area contributed by atoms with Crippen LogP contribution in [0.5, 0.6) is 0 Å². The van der Waals surface area contributed by atoms with Crippen molar-refractivity contribution >= 4 is 17.2 Å². The van der Waals surface area contributed by atoms with E-state index < -0.39 is 0 Å². The highest BCUT2D eigenvalue weighted by molar-refractivity contribution is 7.10. The Hall–Kier alpha value is -2.58. The van der Waals surface area contributed by atoms with Crippen LogP contribution in [0.25, 0.3) is 11.4 Å². The van der Waals surface area contributed by atoms with Crippen LogP contribution >= 0.6 is 11.3 Å². The van der Waals surface area contributed by atoms with Crippen LogP contribution in [-0.4, -0.2) is 46.6 Å². The quantitative estimate of drug-likeness (QED) is 0.655. The second kappa shape index (κ2) is 8.68. The third-order valence-corrected chi connectivity index (χ3v) is 4.91. The molecule has 1 atom stereocenters. The summed E-state index contributed by atoms with van der Waals surface area (Å²) in [6.07, 6.45) is 4.07. The van der Waals surface area contributed by atoms with Gasteiger partial charge in [-0.05, 0) is 37.7 Å². The summed E-state index contributed by atoms with van der Waals surface area (Å²) in [5.74, 6) is 0.898. The Morgan fingerprint density at radius 1 is 1.35 bits per heavy atom. The summed E-state index contributed by atoms with van der Waals surface area (Å²) in [6, 6.07) is 7.95. The van der Waals surface area contributed by atoms with Crippen LogP contribution in [-0.2, 0) is 11.2 Å². The highest BCUT2D eigenvalue weighted by Crippen LogP contribution is 2.22. The van der Waals surface area contributed by atoms with Gasteiger partial charge >= 0.3 is 0 Å². The van der Waals surface area contributed by atoms with Crippen molar-refractivity contribution in [3.8, 4) is 11.4 Å². The van der Waals surface area contributed by atoms with E-state index in [0.717, 1.165) is 5.56 Å². The number of hydrogen-bond donors (Lipinski definition) is 1. The Labute approximate surface area is 156 Å². The molecule has 136 valence electrons. The number of nitrogens with one attached hydrogen (secondary N) is 1. The predicted molar refractivity (Wildman–Crippen MR) is 99.6 cm³/mol. The van der Waals surface area contributed by atoms with Crippen LogP contribution < -0.4 is 5.32 Å². The Kier molecular flexibility index (Phi) is 6.08. The minimum Gasteiger partial charge on any atom is -0.354 e. The van der Waals surface area contributed by atoms with Crippen LogP contribution in [0, 0.1) is 0 Å². The van der Waals surface area contributed by atoms with Gasteiger partial charge in [-0.2, -0.15) is 4.98 Å². The van der Waals surface area contributed by atoms with Crippen LogP contribution in [0.1, 0.15) is 23.2 Å². The topological polar surface area (TPSA) is 84.2 Å². The van der Waals surface area contributed by atoms with Crippen molar-refractivity contribution in [3.05, 3.63) is 52.8 Å². The van der Waals surface area contributed by atoms with Crippen LogP contribution in [0.3, 0.4) is 0 Å². The van der Waals surface area contributed by atoms with E-state index in [1.54, 1.807) is 23.7 Å². The molecule has 3 rings (SSSR count). The number of carbonyl (C=O) groups is 1. The number of amides is 1. The van der Waals surface area contributed by atoms with Crippen LogP contribution in [0.2, 0.25) is 0 Å². The van der Waals surface area contributed by atoms with Gasteiger partial charge in [0.05, 0.1) is 6.04 Å². The van der Waals surface area contributed by atoms with Gasteiger partial charge < -0.3 is 14.7 Å². The fraction of sp³-hybridized carbons (Fsp3) is 0.333. The molecule has 0 bridgehead atoms. The molecule has 8 heteroatoms. The van der Waals surface area contributed by atoms with Crippen molar-refractivity contribution in [1.29, 1.82) is 0 Å². The van der Waals surface area contributed by atoms with Crippen molar-refractivity contribution in [2.75, 3.05) is 20.6 Å². The number of pyridine rings is 1. The zero-order valence-corrected chi connectivity index (χ0v) is 15.6. The number of carbonyl (C=O) groups excluding carboxylic acids is 1. The maximum atomic E-state index is 12.2. The molecule has 3 aromatic rings. The highest BCUT2D eigenvalue weighted by Gasteiger charge is 2.17. The number of aryl methyl sites for hydroxylation is 1. The van der Waals surface area contributed by atoms with E-state index in [9.17, 15) is 4.79 Å². The molecule has 1 amide bonds. The van der Waals surface area contributed by atoms with Crippen LogP contribution in [0.4, 0.5) is 0 Å².